The Bertz CT molecular complexity index is 1350. The van der Waals surface area contributed by atoms with Gasteiger partial charge in [0.2, 0.25) is 0 Å². The van der Waals surface area contributed by atoms with Crippen molar-refractivity contribution in [2.24, 2.45) is 0 Å². The molecule has 0 aliphatic carbocycles. The van der Waals surface area contributed by atoms with Gasteiger partial charge < -0.3 is 10.3 Å². The fourth-order valence-electron chi connectivity index (χ4n) is 3.80. The lowest BCUT2D eigenvalue weighted by molar-refractivity contribution is -0.385. The Morgan fingerprint density at radius 3 is 2.53 bits per heavy atom. The molecule has 0 radical (unpaired) electrons. The average Bonchev–Trinajstić information content (AvgIpc) is 3.37. The number of benzene rings is 1. The van der Waals surface area contributed by atoms with Crippen LogP contribution in [0.4, 0.5) is 11.5 Å². The van der Waals surface area contributed by atoms with E-state index in [1.54, 1.807) is 36.8 Å². The van der Waals surface area contributed by atoms with E-state index in [1.165, 1.54) is 12.3 Å². The van der Waals surface area contributed by atoms with Crippen molar-refractivity contribution in [2.75, 3.05) is 19.4 Å². The smallest absolute Gasteiger partial charge is 0.287 e. The van der Waals surface area contributed by atoms with Gasteiger partial charge in [-0.05, 0) is 51.7 Å². The lowest BCUT2D eigenvalue weighted by Crippen LogP contribution is -2.29. The third-order valence-electron chi connectivity index (χ3n) is 5.60. The number of H-pyrrole nitrogens is 1. The van der Waals surface area contributed by atoms with Crippen LogP contribution in [0, 0.1) is 10.1 Å². The summed E-state index contributed by atoms with van der Waals surface area (Å²) in [6.07, 6.45) is 7.02. The van der Waals surface area contributed by atoms with Gasteiger partial charge in [-0.2, -0.15) is 0 Å². The van der Waals surface area contributed by atoms with Crippen LogP contribution in [-0.2, 0) is 0 Å². The number of nitrogens with zero attached hydrogens (tertiary/aromatic N) is 6. The molecule has 12 heteroatoms. The Labute approximate surface area is 217 Å². The zero-order valence-corrected chi connectivity index (χ0v) is 21.3. The highest BCUT2D eigenvalue weighted by atomic mass is 35.5. The zero-order chi connectivity index (χ0) is 25.8. The third-order valence-corrected chi connectivity index (χ3v) is 6.15. The molecule has 4 rings (SSSR count). The molecule has 0 aliphatic rings. The Balaban J connectivity index is 1.65. The molecule has 2 N–H and O–H groups in total. The molecule has 36 heavy (non-hydrogen) atoms. The largest absolute Gasteiger partial charge is 0.368 e. The molecule has 4 aromatic rings. The molecule has 186 valence electrons. The lowest BCUT2D eigenvalue weighted by Gasteiger charge is -2.27. The van der Waals surface area contributed by atoms with E-state index < -0.39 is 4.92 Å². The molecule has 0 saturated carbocycles. The highest BCUT2D eigenvalue weighted by Crippen LogP contribution is 2.36. The van der Waals surface area contributed by atoms with E-state index in [0.717, 1.165) is 5.56 Å². The first kappa shape index (κ1) is 25.5. The summed E-state index contributed by atoms with van der Waals surface area (Å²) in [6.45, 7) is 2.01. The third kappa shape index (κ3) is 5.78. The monoisotopic (exact) mass is 526 g/mol. The van der Waals surface area contributed by atoms with Gasteiger partial charge in [0.15, 0.2) is 0 Å². The number of rotatable bonds is 9. The van der Waals surface area contributed by atoms with Crippen molar-refractivity contribution in [1.82, 2.24) is 29.8 Å². The van der Waals surface area contributed by atoms with E-state index in [9.17, 15) is 10.1 Å². The van der Waals surface area contributed by atoms with Crippen LogP contribution in [-0.4, -0.2) is 54.9 Å². The highest BCUT2D eigenvalue weighted by Gasteiger charge is 2.24. The number of hydrogen-bond acceptors (Lipinski definition) is 8. The second kappa shape index (κ2) is 11.0. The van der Waals surface area contributed by atoms with Crippen LogP contribution in [0.15, 0.2) is 55.1 Å². The van der Waals surface area contributed by atoms with Crippen molar-refractivity contribution in [1.29, 1.82) is 0 Å². The van der Waals surface area contributed by atoms with Gasteiger partial charge in [-0.25, -0.2) is 19.9 Å². The summed E-state index contributed by atoms with van der Waals surface area (Å²) in [4.78, 5) is 33.7. The van der Waals surface area contributed by atoms with Crippen LogP contribution in [0.3, 0.4) is 0 Å². The molecule has 0 aliphatic heterocycles. The number of aromatic amines is 1. The quantitative estimate of drug-likeness (QED) is 0.212. The summed E-state index contributed by atoms with van der Waals surface area (Å²) in [5.74, 6) is 1.79. The fraction of sp³-hybridized carbons (Fsp3) is 0.250. The van der Waals surface area contributed by atoms with Crippen molar-refractivity contribution in [3.05, 3.63) is 81.1 Å². The van der Waals surface area contributed by atoms with Crippen LogP contribution >= 0.6 is 23.2 Å². The van der Waals surface area contributed by atoms with E-state index in [-0.39, 0.29) is 17.8 Å². The summed E-state index contributed by atoms with van der Waals surface area (Å²) in [5, 5.41) is 15.2. The minimum Gasteiger partial charge on any atom is -0.368 e. The van der Waals surface area contributed by atoms with Crippen molar-refractivity contribution >= 4 is 34.7 Å². The Morgan fingerprint density at radius 1 is 1.11 bits per heavy atom. The van der Waals surface area contributed by atoms with Gasteiger partial charge in [0.05, 0.1) is 27.2 Å². The lowest BCUT2D eigenvalue weighted by atomic mass is 10.0. The number of pyridine rings is 1. The van der Waals surface area contributed by atoms with Crippen molar-refractivity contribution in [2.45, 2.75) is 25.4 Å². The van der Waals surface area contributed by atoms with Crippen molar-refractivity contribution < 1.29 is 4.92 Å². The molecule has 2 atom stereocenters. The molecule has 0 amide bonds. The highest BCUT2D eigenvalue weighted by molar-refractivity contribution is 6.36. The van der Waals surface area contributed by atoms with Crippen LogP contribution in [0.5, 0.6) is 0 Å². The maximum atomic E-state index is 10.9. The maximum absolute atomic E-state index is 10.9. The van der Waals surface area contributed by atoms with Crippen molar-refractivity contribution in [3.63, 3.8) is 0 Å². The summed E-state index contributed by atoms with van der Waals surface area (Å²) in [6, 6.07) is 8.10. The topological polar surface area (TPSA) is 126 Å². The Hall–Kier alpha value is -3.60. The van der Waals surface area contributed by atoms with Gasteiger partial charge in [0.25, 0.3) is 5.69 Å². The van der Waals surface area contributed by atoms with Gasteiger partial charge in [0.1, 0.15) is 23.7 Å². The summed E-state index contributed by atoms with van der Waals surface area (Å²) < 4.78 is 0. The summed E-state index contributed by atoms with van der Waals surface area (Å²) >= 11 is 12.7. The van der Waals surface area contributed by atoms with E-state index in [2.05, 4.69) is 25.3 Å². The van der Waals surface area contributed by atoms with E-state index in [4.69, 9.17) is 28.2 Å². The first-order valence-electron chi connectivity index (χ1n) is 11.1. The molecule has 10 nitrogen and oxygen atoms in total. The van der Waals surface area contributed by atoms with E-state index in [0.29, 0.717) is 45.2 Å². The fourth-order valence-corrected chi connectivity index (χ4v) is 4.30. The maximum Gasteiger partial charge on any atom is 0.287 e. The van der Waals surface area contributed by atoms with Gasteiger partial charge in [-0.15, -0.1) is 0 Å². The minimum atomic E-state index is -0.476. The molecule has 3 aromatic heterocycles. The first-order chi connectivity index (χ1) is 17.2. The van der Waals surface area contributed by atoms with Gasteiger partial charge in [-0.3, -0.25) is 15.0 Å². The molecule has 0 bridgehead atoms. The number of aromatic nitrogens is 5. The van der Waals surface area contributed by atoms with Crippen LogP contribution in [0.1, 0.15) is 25.2 Å². The van der Waals surface area contributed by atoms with E-state index >= 15 is 0 Å². The molecule has 0 spiro atoms. The molecule has 1 aromatic carbocycles. The molecular formula is C24H24Cl2N8O2. The number of nitrogens with one attached hydrogen (secondary N) is 2. The number of halogens is 2. The average molecular weight is 527 g/mol. The summed E-state index contributed by atoms with van der Waals surface area (Å²) in [7, 11) is 3.92. The number of hydrogen-bond donors (Lipinski definition) is 2. The standard InChI is InChI=1S/C24H24Cl2N8O2/c1-14(31-21-7-5-16(12-29-21)34(35)36)10-20(33(2)3)24-30-13-18(23-27-8-9-28-23)22(32-24)17-6-4-15(25)11-19(17)26/h4-9,11-14,20H,10H2,1-3H3,(H,27,28)(H,29,31). The Kier molecular flexibility index (Phi) is 7.78. The normalized spacial score (nSPS) is 12.9. The van der Waals surface area contributed by atoms with Gasteiger partial charge in [0, 0.05) is 41.3 Å². The Morgan fingerprint density at radius 2 is 1.92 bits per heavy atom. The van der Waals surface area contributed by atoms with E-state index in [1.807, 2.05) is 32.0 Å². The van der Waals surface area contributed by atoms with Gasteiger partial charge in [-0.1, -0.05) is 23.2 Å². The SMILES string of the molecule is CC(CC(c1ncc(-c2ncc[nH]2)c(-c2ccc(Cl)cc2Cl)n1)N(C)C)Nc1ccc([N+](=O)[O-])cn1. The zero-order valence-electron chi connectivity index (χ0n) is 19.8. The molecule has 0 saturated heterocycles. The number of anilines is 1. The molecule has 2 unspecified atom stereocenters. The minimum absolute atomic E-state index is 0.0396. The van der Waals surface area contributed by atoms with Crippen LogP contribution in [0.2, 0.25) is 10.0 Å². The predicted octanol–water partition coefficient (Wildman–Crippen LogP) is 5.64. The molecule has 3 heterocycles. The molecule has 0 fully saturated rings. The van der Waals surface area contributed by atoms with Gasteiger partial charge >= 0.3 is 0 Å². The van der Waals surface area contributed by atoms with Crippen molar-refractivity contribution in [3.8, 4) is 22.6 Å². The van der Waals surface area contributed by atoms with Crippen LogP contribution in [0.25, 0.3) is 22.6 Å². The number of imidazole rings is 1. The first-order valence-corrected chi connectivity index (χ1v) is 11.8. The summed E-state index contributed by atoms with van der Waals surface area (Å²) in [5.41, 5.74) is 2.01. The van der Waals surface area contributed by atoms with Crippen LogP contribution < -0.4 is 5.32 Å². The molecular weight excluding hydrogens is 503 g/mol. The second-order valence-electron chi connectivity index (χ2n) is 8.47. The number of nitro groups is 1. The predicted molar refractivity (Wildman–Crippen MR) is 140 cm³/mol. The second-order valence-corrected chi connectivity index (χ2v) is 9.32.